The van der Waals surface area contributed by atoms with Crippen LogP contribution in [-0.4, -0.2) is 14.3 Å². The maximum Gasteiger partial charge on any atom is 0.255 e. The second-order valence-electron chi connectivity index (χ2n) is 7.31. The van der Waals surface area contributed by atoms with Crippen LogP contribution in [0.1, 0.15) is 15.9 Å². The molecule has 0 fully saturated rings. The van der Waals surface area contributed by atoms with E-state index >= 15 is 0 Å². The predicted octanol–water partition coefficient (Wildman–Crippen LogP) is 5.84. The van der Waals surface area contributed by atoms with E-state index < -0.39 is 15.7 Å². The molecule has 0 aromatic heterocycles. The van der Waals surface area contributed by atoms with Crippen LogP contribution in [0, 0.1) is 5.82 Å². The number of amides is 1. The summed E-state index contributed by atoms with van der Waals surface area (Å²) in [5.74, 6) is -0.103. The fraction of sp³-hybridized carbons (Fsp3) is 0.0385. The molecule has 0 atom stereocenters. The van der Waals surface area contributed by atoms with E-state index in [4.69, 9.17) is 4.74 Å². The summed E-state index contributed by atoms with van der Waals surface area (Å²) in [5, 5.41) is 2.78. The van der Waals surface area contributed by atoms with Crippen LogP contribution in [0.3, 0.4) is 0 Å². The van der Waals surface area contributed by atoms with Crippen LogP contribution in [0.2, 0.25) is 0 Å². The van der Waals surface area contributed by atoms with Crippen LogP contribution >= 0.6 is 0 Å². The number of anilines is 1. The molecule has 0 aliphatic carbocycles. The van der Waals surface area contributed by atoms with E-state index in [1.54, 1.807) is 91.0 Å². The van der Waals surface area contributed by atoms with Crippen molar-refractivity contribution in [2.75, 3.05) is 5.32 Å². The number of sulfone groups is 1. The van der Waals surface area contributed by atoms with Gasteiger partial charge in [-0.3, -0.25) is 4.79 Å². The first-order chi connectivity index (χ1) is 15.9. The third-order valence-corrected chi connectivity index (χ3v) is 6.50. The molecule has 1 N–H and O–H groups in total. The maximum atomic E-state index is 13.3. The van der Waals surface area contributed by atoms with Crippen molar-refractivity contribution in [2.24, 2.45) is 0 Å². The van der Waals surface area contributed by atoms with Gasteiger partial charge in [0, 0.05) is 17.3 Å². The van der Waals surface area contributed by atoms with Crippen LogP contribution in [0.15, 0.2) is 108 Å². The van der Waals surface area contributed by atoms with E-state index in [9.17, 15) is 17.6 Å². The van der Waals surface area contributed by atoms with Crippen molar-refractivity contribution >= 4 is 21.4 Å². The molecule has 0 heterocycles. The number of ether oxygens (including phenoxy) is 1. The molecule has 0 saturated carbocycles. The molecule has 4 rings (SSSR count). The summed E-state index contributed by atoms with van der Waals surface area (Å²) in [6.45, 7) is 0. The highest BCUT2D eigenvalue weighted by molar-refractivity contribution is 7.90. The summed E-state index contributed by atoms with van der Waals surface area (Å²) < 4.78 is 44.1. The first-order valence-corrected chi connectivity index (χ1v) is 11.8. The fourth-order valence-electron chi connectivity index (χ4n) is 3.21. The quantitative estimate of drug-likeness (QED) is 0.375. The number of carbonyl (C=O) groups is 1. The van der Waals surface area contributed by atoms with Gasteiger partial charge in [0.25, 0.3) is 5.91 Å². The highest BCUT2D eigenvalue weighted by Gasteiger charge is 2.16. The molecule has 166 valence electrons. The minimum absolute atomic E-state index is 0.204. The van der Waals surface area contributed by atoms with Gasteiger partial charge in [0.15, 0.2) is 9.84 Å². The third-order valence-electron chi connectivity index (χ3n) is 4.79. The van der Waals surface area contributed by atoms with Crippen LogP contribution < -0.4 is 10.1 Å². The number of carbonyl (C=O) groups excluding carboxylic acids is 1. The first-order valence-electron chi connectivity index (χ1n) is 10.1. The third kappa shape index (κ3) is 5.84. The lowest BCUT2D eigenvalue weighted by Gasteiger charge is -2.09. The molecule has 0 spiro atoms. The van der Waals surface area contributed by atoms with Crippen LogP contribution in [0.4, 0.5) is 10.1 Å². The van der Waals surface area contributed by atoms with Crippen molar-refractivity contribution in [1.29, 1.82) is 0 Å². The van der Waals surface area contributed by atoms with Crippen LogP contribution in [0.5, 0.6) is 11.5 Å². The lowest BCUT2D eigenvalue weighted by Crippen LogP contribution is -2.12. The van der Waals surface area contributed by atoms with Gasteiger partial charge in [-0.05, 0) is 66.2 Å². The molecule has 0 unspecified atom stereocenters. The first kappa shape index (κ1) is 22.2. The zero-order chi connectivity index (χ0) is 23.3. The Bertz CT molecular complexity index is 1370. The molecule has 0 aliphatic rings. The molecule has 0 saturated heterocycles. The van der Waals surface area contributed by atoms with Crippen molar-refractivity contribution in [3.05, 3.63) is 120 Å². The summed E-state index contributed by atoms with van der Waals surface area (Å²) in [7, 11) is -3.52. The molecule has 1 amide bonds. The van der Waals surface area contributed by atoms with Gasteiger partial charge in [0.1, 0.15) is 17.3 Å². The van der Waals surface area contributed by atoms with E-state index in [1.165, 1.54) is 12.1 Å². The monoisotopic (exact) mass is 461 g/mol. The summed E-state index contributed by atoms with van der Waals surface area (Å²) in [6, 6.07) is 27.2. The average molecular weight is 462 g/mol. The second-order valence-corrected chi connectivity index (χ2v) is 9.30. The van der Waals surface area contributed by atoms with E-state index in [-0.39, 0.29) is 16.6 Å². The largest absolute Gasteiger partial charge is 0.457 e. The van der Waals surface area contributed by atoms with Gasteiger partial charge in [-0.25, -0.2) is 12.8 Å². The van der Waals surface area contributed by atoms with Gasteiger partial charge in [-0.2, -0.15) is 0 Å². The molecule has 0 aliphatic heterocycles. The molecule has 7 heteroatoms. The summed E-state index contributed by atoms with van der Waals surface area (Å²) in [6.07, 6.45) is 0. The summed E-state index contributed by atoms with van der Waals surface area (Å²) >= 11 is 0. The minimum atomic E-state index is -3.52. The molecule has 5 nitrogen and oxygen atoms in total. The predicted molar refractivity (Wildman–Crippen MR) is 125 cm³/mol. The van der Waals surface area contributed by atoms with Crippen molar-refractivity contribution in [3.8, 4) is 11.5 Å². The molecule has 33 heavy (non-hydrogen) atoms. The Morgan fingerprint density at radius 3 is 2.24 bits per heavy atom. The van der Waals surface area contributed by atoms with E-state index in [0.717, 1.165) is 0 Å². The summed E-state index contributed by atoms with van der Waals surface area (Å²) in [5.41, 5.74) is 1.40. The molecular formula is C26H20FNO4S. The Hall–Kier alpha value is -3.97. The van der Waals surface area contributed by atoms with Crippen molar-refractivity contribution < 1.29 is 22.3 Å². The zero-order valence-corrected chi connectivity index (χ0v) is 18.3. The maximum absolute atomic E-state index is 13.3. The molecule has 4 aromatic rings. The highest BCUT2D eigenvalue weighted by Crippen LogP contribution is 2.24. The van der Waals surface area contributed by atoms with E-state index in [0.29, 0.717) is 28.3 Å². The Kier molecular flexibility index (Phi) is 6.51. The van der Waals surface area contributed by atoms with Crippen molar-refractivity contribution in [2.45, 2.75) is 10.6 Å². The van der Waals surface area contributed by atoms with E-state index in [1.807, 2.05) is 0 Å². The summed E-state index contributed by atoms with van der Waals surface area (Å²) in [4.78, 5) is 12.9. The van der Waals surface area contributed by atoms with Crippen molar-refractivity contribution in [3.63, 3.8) is 0 Å². The minimum Gasteiger partial charge on any atom is -0.457 e. The number of nitrogens with one attached hydrogen (secondary N) is 1. The van der Waals surface area contributed by atoms with Crippen LogP contribution in [0.25, 0.3) is 0 Å². The van der Waals surface area contributed by atoms with Gasteiger partial charge < -0.3 is 10.1 Å². The Labute approximate surface area is 191 Å². The number of rotatable bonds is 7. The second kappa shape index (κ2) is 9.67. The molecule has 0 bridgehead atoms. The molecule has 0 radical (unpaired) electrons. The van der Waals surface area contributed by atoms with Gasteiger partial charge in [0.2, 0.25) is 0 Å². The van der Waals surface area contributed by atoms with Gasteiger partial charge in [0.05, 0.1) is 10.6 Å². The fourth-order valence-corrected chi connectivity index (χ4v) is 4.57. The Balaban J connectivity index is 1.42. The molecular weight excluding hydrogens is 441 g/mol. The Morgan fingerprint density at radius 2 is 1.52 bits per heavy atom. The lowest BCUT2D eigenvalue weighted by atomic mass is 10.1. The Morgan fingerprint density at radius 1 is 0.788 bits per heavy atom. The topological polar surface area (TPSA) is 72.5 Å². The van der Waals surface area contributed by atoms with Gasteiger partial charge in [-0.1, -0.05) is 36.4 Å². The standard InChI is InChI=1S/C26H20FNO4S/c27-21-8-5-9-24(17-21)32-23-14-12-22(13-15-23)28-26(29)20-7-4-6-19(16-20)18-33(30,31)25-10-2-1-3-11-25/h1-17H,18H2,(H,28,29). The number of hydrogen-bond acceptors (Lipinski definition) is 4. The van der Waals surface area contributed by atoms with E-state index in [2.05, 4.69) is 5.32 Å². The van der Waals surface area contributed by atoms with Crippen LogP contribution in [-0.2, 0) is 15.6 Å². The normalized spacial score (nSPS) is 11.1. The number of benzene rings is 4. The lowest BCUT2D eigenvalue weighted by molar-refractivity contribution is 0.102. The number of halogens is 1. The van der Waals surface area contributed by atoms with Gasteiger partial charge >= 0.3 is 0 Å². The smallest absolute Gasteiger partial charge is 0.255 e. The molecule has 4 aromatic carbocycles. The number of hydrogen-bond donors (Lipinski definition) is 1. The van der Waals surface area contributed by atoms with Crippen molar-refractivity contribution in [1.82, 2.24) is 0 Å². The van der Waals surface area contributed by atoms with Gasteiger partial charge in [-0.15, -0.1) is 0 Å². The zero-order valence-electron chi connectivity index (χ0n) is 17.4. The average Bonchev–Trinajstić information content (AvgIpc) is 2.81. The SMILES string of the molecule is O=C(Nc1ccc(Oc2cccc(F)c2)cc1)c1cccc(CS(=O)(=O)c2ccccc2)c1. The highest BCUT2D eigenvalue weighted by atomic mass is 32.2.